The summed E-state index contributed by atoms with van der Waals surface area (Å²) in [5.41, 5.74) is 0. The lowest BCUT2D eigenvalue weighted by atomic mass is 10.2. The maximum Gasteiger partial charge on any atom is 0.191 e. The fourth-order valence-electron chi connectivity index (χ4n) is 2.57. The molecule has 104 valence electrons. The molecule has 1 atom stereocenters. The Morgan fingerprint density at radius 1 is 1.39 bits per heavy atom. The van der Waals surface area contributed by atoms with Gasteiger partial charge in [0.05, 0.1) is 0 Å². The van der Waals surface area contributed by atoms with Gasteiger partial charge in [-0.2, -0.15) is 0 Å². The zero-order valence-electron chi connectivity index (χ0n) is 11.4. The third kappa shape index (κ3) is 4.42. The van der Waals surface area contributed by atoms with Crippen LogP contribution in [-0.4, -0.2) is 50.1 Å². The second-order valence-electron chi connectivity index (χ2n) is 5.01. The number of hydrogen-bond donors (Lipinski definition) is 2. The average molecular weight is 364 g/mol. The van der Waals surface area contributed by atoms with E-state index in [2.05, 4.69) is 39.7 Å². The highest BCUT2D eigenvalue weighted by Crippen LogP contribution is 2.13. The predicted octanol–water partition coefficient (Wildman–Crippen LogP) is 1.58. The van der Waals surface area contributed by atoms with Crippen LogP contribution in [0.2, 0.25) is 0 Å². The van der Waals surface area contributed by atoms with Crippen molar-refractivity contribution in [3.05, 3.63) is 12.2 Å². The van der Waals surface area contributed by atoms with Crippen molar-refractivity contribution in [1.29, 1.82) is 0 Å². The largest absolute Gasteiger partial charge is 0.355 e. The van der Waals surface area contributed by atoms with E-state index in [4.69, 9.17) is 0 Å². The van der Waals surface area contributed by atoms with Gasteiger partial charge in [0.25, 0.3) is 0 Å². The Hall–Kier alpha value is -0.300. The van der Waals surface area contributed by atoms with E-state index in [9.17, 15) is 0 Å². The number of halogens is 1. The van der Waals surface area contributed by atoms with Crippen LogP contribution < -0.4 is 10.6 Å². The molecule has 1 saturated heterocycles. The minimum atomic E-state index is 0. The van der Waals surface area contributed by atoms with Crippen LogP contribution in [0, 0.1) is 0 Å². The van der Waals surface area contributed by atoms with E-state index in [1.165, 1.54) is 19.4 Å². The Balaban J connectivity index is 0.00000162. The van der Waals surface area contributed by atoms with Crippen molar-refractivity contribution in [1.82, 2.24) is 15.5 Å². The van der Waals surface area contributed by atoms with Crippen LogP contribution in [0.5, 0.6) is 0 Å². The van der Waals surface area contributed by atoms with Crippen LogP contribution >= 0.6 is 24.0 Å². The molecule has 1 aliphatic heterocycles. The van der Waals surface area contributed by atoms with Gasteiger partial charge in [0.1, 0.15) is 0 Å². The number of aliphatic imine (C=N–C) groups is 1. The van der Waals surface area contributed by atoms with Gasteiger partial charge < -0.3 is 15.5 Å². The lowest BCUT2D eigenvalue weighted by Crippen LogP contribution is -2.46. The first-order valence-corrected chi connectivity index (χ1v) is 6.62. The first kappa shape index (κ1) is 15.8. The van der Waals surface area contributed by atoms with Crippen LogP contribution in [0.4, 0.5) is 0 Å². The van der Waals surface area contributed by atoms with E-state index in [1.807, 2.05) is 7.05 Å². The molecule has 0 radical (unpaired) electrons. The van der Waals surface area contributed by atoms with E-state index >= 15 is 0 Å². The Labute approximate surface area is 127 Å². The minimum Gasteiger partial charge on any atom is -0.355 e. The summed E-state index contributed by atoms with van der Waals surface area (Å²) in [6.45, 7) is 2.22. The monoisotopic (exact) mass is 364 g/mol. The van der Waals surface area contributed by atoms with Crippen molar-refractivity contribution in [2.75, 3.05) is 27.2 Å². The van der Waals surface area contributed by atoms with E-state index in [-0.39, 0.29) is 24.0 Å². The molecule has 1 fully saturated rings. The Morgan fingerprint density at radius 2 is 2.11 bits per heavy atom. The number of guanidine groups is 1. The third-order valence-corrected chi connectivity index (χ3v) is 3.75. The molecule has 2 aliphatic rings. The molecule has 1 aliphatic carbocycles. The lowest BCUT2D eigenvalue weighted by molar-refractivity contribution is 0.309. The van der Waals surface area contributed by atoms with Crippen LogP contribution in [0.15, 0.2) is 17.1 Å². The van der Waals surface area contributed by atoms with Gasteiger partial charge in [-0.1, -0.05) is 12.2 Å². The topological polar surface area (TPSA) is 39.7 Å². The molecule has 1 heterocycles. The molecule has 0 saturated carbocycles. The zero-order chi connectivity index (χ0) is 12.1. The summed E-state index contributed by atoms with van der Waals surface area (Å²) in [7, 11) is 4.05. The summed E-state index contributed by atoms with van der Waals surface area (Å²) in [5.74, 6) is 0.944. The molecule has 5 heteroatoms. The van der Waals surface area contributed by atoms with Crippen molar-refractivity contribution in [2.45, 2.75) is 37.8 Å². The smallest absolute Gasteiger partial charge is 0.191 e. The molecule has 0 amide bonds. The molecule has 0 bridgehead atoms. The molecular formula is C13H25IN4. The molecule has 2 rings (SSSR count). The SMILES string of the molecule is CN=C(NCC1CCCN1C)NC1CC=CC1.I. The molecule has 0 aromatic heterocycles. The molecule has 2 N–H and O–H groups in total. The molecule has 0 aromatic rings. The fourth-order valence-corrected chi connectivity index (χ4v) is 2.57. The minimum absolute atomic E-state index is 0. The Kier molecular flexibility index (Phi) is 6.99. The predicted molar refractivity (Wildman–Crippen MR) is 87.7 cm³/mol. The maximum absolute atomic E-state index is 4.29. The molecule has 0 spiro atoms. The Bertz CT molecular complexity index is 295. The standard InChI is InChI=1S/C13H24N4.HI/c1-14-13(16-11-6-3-4-7-11)15-10-12-8-5-9-17(12)2;/h3-4,11-12H,5-10H2,1-2H3,(H2,14,15,16);1H. The number of hydrogen-bond acceptors (Lipinski definition) is 2. The number of likely N-dealkylation sites (tertiary alicyclic amines) is 1. The quantitative estimate of drug-likeness (QED) is 0.346. The van der Waals surface area contributed by atoms with Crippen LogP contribution in [0.3, 0.4) is 0 Å². The van der Waals surface area contributed by atoms with Crippen LogP contribution in [-0.2, 0) is 0 Å². The van der Waals surface area contributed by atoms with E-state index < -0.39 is 0 Å². The summed E-state index contributed by atoms with van der Waals surface area (Å²) in [6.07, 6.45) is 9.31. The molecule has 4 nitrogen and oxygen atoms in total. The third-order valence-electron chi connectivity index (χ3n) is 3.75. The summed E-state index contributed by atoms with van der Waals surface area (Å²) in [6, 6.07) is 1.19. The fraction of sp³-hybridized carbons (Fsp3) is 0.769. The van der Waals surface area contributed by atoms with Crippen molar-refractivity contribution in [2.24, 2.45) is 4.99 Å². The highest BCUT2D eigenvalue weighted by atomic mass is 127. The van der Waals surface area contributed by atoms with E-state index in [1.54, 1.807) is 0 Å². The van der Waals surface area contributed by atoms with Crippen LogP contribution in [0.25, 0.3) is 0 Å². The van der Waals surface area contributed by atoms with Gasteiger partial charge >= 0.3 is 0 Å². The molecule has 18 heavy (non-hydrogen) atoms. The number of nitrogens with one attached hydrogen (secondary N) is 2. The summed E-state index contributed by atoms with van der Waals surface area (Å²) in [4.78, 5) is 6.71. The van der Waals surface area contributed by atoms with Gasteiger partial charge in [-0.15, -0.1) is 24.0 Å². The summed E-state index contributed by atoms with van der Waals surface area (Å²) in [5, 5.41) is 6.90. The van der Waals surface area contributed by atoms with Crippen molar-refractivity contribution >= 4 is 29.9 Å². The van der Waals surface area contributed by atoms with Gasteiger partial charge in [-0.25, -0.2) is 0 Å². The molecular weight excluding hydrogens is 339 g/mol. The van der Waals surface area contributed by atoms with Gasteiger partial charge in [0.2, 0.25) is 0 Å². The highest BCUT2D eigenvalue weighted by Gasteiger charge is 2.21. The van der Waals surface area contributed by atoms with Gasteiger partial charge in [0.15, 0.2) is 5.96 Å². The normalized spacial score (nSPS) is 25.2. The number of likely N-dealkylation sites (N-methyl/N-ethyl adjacent to an activating group) is 1. The van der Waals surface area contributed by atoms with Crippen molar-refractivity contribution < 1.29 is 0 Å². The van der Waals surface area contributed by atoms with Gasteiger partial charge in [-0.05, 0) is 39.3 Å². The molecule has 0 aromatic carbocycles. The summed E-state index contributed by atoms with van der Waals surface area (Å²) < 4.78 is 0. The second-order valence-corrected chi connectivity index (χ2v) is 5.01. The van der Waals surface area contributed by atoms with E-state index in [0.29, 0.717) is 12.1 Å². The zero-order valence-corrected chi connectivity index (χ0v) is 13.7. The lowest BCUT2D eigenvalue weighted by Gasteiger charge is -2.22. The highest BCUT2D eigenvalue weighted by molar-refractivity contribution is 14.0. The van der Waals surface area contributed by atoms with Crippen LogP contribution in [0.1, 0.15) is 25.7 Å². The first-order chi connectivity index (χ1) is 8.29. The average Bonchev–Trinajstić information content (AvgIpc) is 2.96. The summed E-state index contributed by atoms with van der Waals surface area (Å²) >= 11 is 0. The Morgan fingerprint density at radius 3 is 2.67 bits per heavy atom. The van der Waals surface area contributed by atoms with Gasteiger partial charge in [0, 0.05) is 25.7 Å². The van der Waals surface area contributed by atoms with E-state index in [0.717, 1.165) is 25.3 Å². The first-order valence-electron chi connectivity index (χ1n) is 6.62. The van der Waals surface area contributed by atoms with Crippen molar-refractivity contribution in [3.8, 4) is 0 Å². The molecule has 1 unspecified atom stereocenters. The maximum atomic E-state index is 4.29. The van der Waals surface area contributed by atoms with Gasteiger partial charge in [-0.3, -0.25) is 4.99 Å². The number of rotatable bonds is 3. The van der Waals surface area contributed by atoms with Crippen molar-refractivity contribution in [3.63, 3.8) is 0 Å². The second kappa shape index (κ2) is 7.99. The number of nitrogens with zero attached hydrogens (tertiary/aromatic N) is 2.